The Hall–Kier alpha value is -4.17. The summed E-state index contributed by atoms with van der Waals surface area (Å²) in [6.07, 6.45) is -3.41. The first-order valence-electron chi connectivity index (χ1n) is 9.81. The lowest BCUT2D eigenvalue weighted by atomic mass is 10.1. The smallest absolute Gasteiger partial charge is 0.416 e. The lowest BCUT2D eigenvalue weighted by Gasteiger charge is -2.11. The van der Waals surface area contributed by atoms with Crippen LogP contribution < -0.4 is 10.1 Å². The number of nitriles is 1. The van der Waals surface area contributed by atoms with Crippen LogP contribution in [-0.2, 0) is 11.0 Å². The number of amides is 1. The molecule has 0 aromatic heterocycles. The number of halogens is 4. The molecule has 0 radical (unpaired) electrons. The third-order valence-corrected chi connectivity index (χ3v) is 5.23. The van der Waals surface area contributed by atoms with E-state index in [-0.39, 0.29) is 21.5 Å². The average molecular weight is 546 g/mol. The van der Waals surface area contributed by atoms with Crippen LogP contribution in [0, 0.1) is 28.4 Å². The molecule has 0 saturated heterocycles. The second-order valence-electron chi connectivity index (χ2n) is 7.22. The van der Waals surface area contributed by atoms with Crippen LogP contribution in [0.1, 0.15) is 16.7 Å². The summed E-state index contributed by atoms with van der Waals surface area (Å²) in [4.78, 5) is 22.8. The largest absolute Gasteiger partial charge is 0.449 e. The lowest BCUT2D eigenvalue weighted by Crippen LogP contribution is -2.13. The van der Waals surface area contributed by atoms with E-state index in [2.05, 4.69) is 21.2 Å². The first kappa shape index (κ1) is 25.5. The molecule has 0 aliphatic rings. The lowest BCUT2D eigenvalue weighted by molar-refractivity contribution is -0.385. The fraction of sp³-hybridized carbons (Fsp3) is 0.0833. The van der Waals surface area contributed by atoms with E-state index in [1.807, 2.05) is 19.1 Å². The van der Waals surface area contributed by atoms with Crippen LogP contribution in [0.3, 0.4) is 0 Å². The van der Waals surface area contributed by atoms with Gasteiger partial charge >= 0.3 is 11.9 Å². The van der Waals surface area contributed by atoms with Crippen molar-refractivity contribution in [3.63, 3.8) is 0 Å². The zero-order valence-electron chi connectivity index (χ0n) is 17.9. The minimum Gasteiger partial charge on any atom is -0.449 e. The summed E-state index contributed by atoms with van der Waals surface area (Å²) < 4.78 is 44.5. The number of aryl methyl sites for hydroxylation is 1. The monoisotopic (exact) mass is 545 g/mol. The summed E-state index contributed by atoms with van der Waals surface area (Å²) in [5, 5.41) is 23.3. The zero-order valence-corrected chi connectivity index (χ0v) is 19.5. The van der Waals surface area contributed by atoms with Gasteiger partial charge in [-0.2, -0.15) is 18.4 Å². The number of carbonyl (C=O) groups excluding carboxylic acids is 1. The Labute approximate surface area is 205 Å². The topological polar surface area (TPSA) is 105 Å². The Morgan fingerprint density at radius 1 is 1.14 bits per heavy atom. The van der Waals surface area contributed by atoms with Gasteiger partial charge in [0.2, 0.25) is 5.75 Å². The number of carbonyl (C=O) groups is 1. The van der Waals surface area contributed by atoms with Crippen LogP contribution in [0.5, 0.6) is 11.5 Å². The fourth-order valence-corrected chi connectivity index (χ4v) is 3.44. The predicted octanol–water partition coefficient (Wildman–Crippen LogP) is 7.02. The van der Waals surface area contributed by atoms with Gasteiger partial charge in [0.05, 0.1) is 15.0 Å². The minimum absolute atomic E-state index is 0.0766. The first-order chi connectivity index (χ1) is 16.5. The standard InChI is InChI=1S/C24H15BrF3N3O4/c1-14-3-2-4-18(9-14)30-23(32)16(13-29)10-15-5-7-21(19(25)11-15)35-22-8-6-17(24(26,27)28)12-20(22)31(33)34/h2-12H,1H3,(H,30,32)/b16-10+. The van der Waals surface area contributed by atoms with E-state index in [9.17, 15) is 33.3 Å². The molecule has 3 rings (SSSR count). The summed E-state index contributed by atoms with van der Waals surface area (Å²) in [5.41, 5.74) is -0.316. The summed E-state index contributed by atoms with van der Waals surface area (Å²) in [6, 6.07) is 15.2. The molecule has 0 aliphatic carbocycles. The molecule has 0 aliphatic heterocycles. The van der Waals surface area contributed by atoms with Gasteiger partial charge in [0.1, 0.15) is 17.4 Å². The van der Waals surface area contributed by atoms with Crippen molar-refractivity contribution >= 4 is 39.3 Å². The van der Waals surface area contributed by atoms with Gasteiger partial charge < -0.3 is 10.1 Å². The Morgan fingerprint density at radius 3 is 2.46 bits per heavy atom. The molecule has 1 amide bonds. The van der Waals surface area contributed by atoms with Crippen LogP contribution in [0.15, 0.2) is 70.7 Å². The normalized spacial score (nSPS) is 11.5. The van der Waals surface area contributed by atoms with Crippen molar-refractivity contribution in [2.75, 3.05) is 5.32 Å². The van der Waals surface area contributed by atoms with Gasteiger partial charge in [-0.25, -0.2) is 0 Å². The summed E-state index contributed by atoms with van der Waals surface area (Å²) >= 11 is 3.24. The van der Waals surface area contributed by atoms with Gasteiger partial charge in [-0.3, -0.25) is 14.9 Å². The molecule has 178 valence electrons. The highest BCUT2D eigenvalue weighted by Crippen LogP contribution is 2.39. The van der Waals surface area contributed by atoms with Crippen LogP contribution in [0.25, 0.3) is 6.08 Å². The second kappa shape index (κ2) is 10.4. The second-order valence-corrected chi connectivity index (χ2v) is 8.08. The molecule has 0 saturated carbocycles. The summed E-state index contributed by atoms with van der Waals surface area (Å²) in [5.74, 6) is -0.926. The number of nitro groups is 1. The highest BCUT2D eigenvalue weighted by molar-refractivity contribution is 9.10. The molecule has 0 spiro atoms. The van der Waals surface area contributed by atoms with Gasteiger partial charge in [-0.05, 0) is 76.5 Å². The SMILES string of the molecule is Cc1cccc(NC(=O)/C(C#N)=C/c2ccc(Oc3ccc(C(F)(F)F)cc3[N+](=O)[O-])c(Br)c2)c1. The number of alkyl halides is 3. The summed E-state index contributed by atoms with van der Waals surface area (Å²) in [6.45, 7) is 1.86. The van der Waals surface area contributed by atoms with Crippen molar-refractivity contribution in [1.29, 1.82) is 5.26 Å². The third kappa shape index (κ3) is 6.45. The fourth-order valence-electron chi connectivity index (χ4n) is 2.97. The molecule has 0 fully saturated rings. The van der Waals surface area contributed by atoms with Crippen molar-refractivity contribution < 1.29 is 27.6 Å². The summed E-state index contributed by atoms with van der Waals surface area (Å²) in [7, 11) is 0. The maximum Gasteiger partial charge on any atom is 0.416 e. The number of nitrogens with one attached hydrogen (secondary N) is 1. The van der Waals surface area contributed by atoms with Gasteiger partial charge in [-0.15, -0.1) is 0 Å². The van der Waals surface area contributed by atoms with E-state index in [1.54, 1.807) is 18.2 Å². The Kier molecular flexibility index (Phi) is 7.56. The number of nitrogens with zero attached hydrogens (tertiary/aromatic N) is 2. The number of nitro benzene ring substituents is 1. The average Bonchev–Trinajstić information content (AvgIpc) is 2.78. The molecule has 3 aromatic carbocycles. The molecule has 0 bridgehead atoms. The number of hydrogen-bond donors (Lipinski definition) is 1. The van der Waals surface area contributed by atoms with E-state index in [1.165, 1.54) is 24.3 Å². The minimum atomic E-state index is -4.75. The molecule has 35 heavy (non-hydrogen) atoms. The Balaban J connectivity index is 1.84. The van der Waals surface area contributed by atoms with Crippen LogP contribution in [0.2, 0.25) is 0 Å². The zero-order chi connectivity index (χ0) is 25.8. The maximum atomic E-state index is 12.9. The van der Waals surface area contributed by atoms with E-state index in [0.717, 1.165) is 11.6 Å². The van der Waals surface area contributed by atoms with Crippen molar-refractivity contribution in [2.24, 2.45) is 0 Å². The van der Waals surface area contributed by atoms with Crippen LogP contribution in [-0.4, -0.2) is 10.8 Å². The molecule has 1 N–H and O–H groups in total. The highest BCUT2D eigenvalue weighted by Gasteiger charge is 2.33. The van der Waals surface area contributed by atoms with Crippen LogP contribution >= 0.6 is 15.9 Å². The first-order valence-corrected chi connectivity index (χ1v) is 10.6. The Morgan fingerprint density at radius 2 is 1.86 bits per heavy atom. The third-order valence-electron chi connectivity index (χ3n) is 4.61. The van der Waals surface area contributed by atoms with Crippen molar-refractivity contribution in [3.05, 3.63) is 97.5 Å². The molecule has 0 heterocycles. The predicted molar refractivity (Wildman–Crippen MR) is 126 cm³/mol. The van der Waals surface area contributed by atoms with Gasteiger partial charge in [-0.1, -0.05) is 18.2 Å². The quantitative estimate of drug-likeness (QED) is 0.155. The molecular formula is C24H15BrF3N3O4. The number of rotatable bonds is 6. The molecule has 0 unspecified atom stereocenters. The molecule has 7 nitrogen and oxygen atoms in total. The van der Waals surface area contributed by atoms with Crippen molar-refractivity contribution in [3.8, 4) is 17.6 Å². The van der Waals surface area contributed by atoms with Gasteiger partial charge in [0, 0.05) is 11.8 Å². The van der Waals surface area contributed by atoms with E-state index in [0.29, 0.717) is 23.4 Å². The molecule has 0 atom stereocenters. The number of benzene rings is 3. The Bertz CT molecular complexity index is 1380. The highest BCUT2D eigenvalue weighted by atomic mass is 79.9. The maximum absolute atomic E-state index is 12.9. The van der Waals surface area contributed by atoms with E-state index >= 15 is 0 Å². The number of anilines is 1. The number of ether oxygens (including phenoxy) is 1. The molecular weight excluding hydrogens is 531 g/mol. The van der Waals surface area contributed by atoms with Gasteiger partial charge in [0.15, 0.2) is 0 Å². The molecule has 3 aromatic rings. The van der Waals surface area contributed by atoms with Crippen LogP contribution in [0.4, 0.5) is 24.5 Å². The van der Waals surface area contributed by atoms with Crippen molar-refractivity contribution in [2.45, 2.75) is 13.1 Å². The molecule has 11 heteroatoms. The van der Waals surface area contributed by atoms with E-state index < -0.39 is 28.3 Å². The van der Waals surface area contributed by atoms with E-state index in [4.69, 9.17) is 4.74 Å². The van der Waals surface area contributed by atoms with Crippen molar-refractivity contribution in [1.82, 2.24) is 0 Å². The number of hydrogen-bond acceptors (Lipinski definition) is 5. The van der Waals surface area contributed by atoms with Gasteiger partial charge in [0.25, 0.3) is 5.91 Å².